The third-order valence-electron chi connectivity index (χ3n) is 2.54. The largest absolute Gasteiger partial charge is 0.343 e. The smallest absolute Gasteiger partial charge is 0.273 e. The summed E-state index contributed by atoms with van der Waals surface area (Å²) in [5.41, 5.74) is 1.05. The lowest BCUT2D eigenvalue weighted by Crippen LogP contribution is -2.23. The number of carbonyl (C=O) groups is 1. The zero-order valence-corrected chi connectivity index (χ0v) is 10.3. The second-order valence-corrected chi connectivity index (χ2v) is 3.89. The number of carbonyl (C=O) groups excluding carboxylic acids is 1. The number of rotatable bonds is 4. The highest BCUT2D eigenvalue weighted by molar-refractivity contribution is 5.91. The number of tetrazole rings is 1. The van der Waals surface area contributed by atoms with Crippen molar-refractivity contribution in [2.45, 2.75) is 6.54 Å². The monoisotopic (exact) mass is 270 g/mol. The Morgan fingerprint density at radius 3 is 2.85 bits per heavy atom. The third-order valence-corrected chi connectivity index (χ3v) is 2.54. The molecule has 0 fully saturated rings. The lowest BCUT2D eigenvalue weighted by Gasteiger charge is -1.98. The van der Waals surface area contributed by atoms with Crippen LogP contribution in [-0.4, -0.2) is 41.5 Å². The summed E-state index contributed by atoms with van der Waals surface area (Å²) in [4.78, 5) is 11.9. The van der Waals surface area contributed by atoms with Crippen LogP contribution in [0.1, 0.15) is 16.3 Å². The molecule has 0 aliphatic rings. The number of nitrogens with zero attached hydrogens (tertiary/aromatic N) is 6. The third kappa shape index (κ3) is 2.51. The Kier molecular flexibility index (Phi) is 3.15. The van der Waals surface area contributed by atoms with Crippen LogP contribution in [0, 0.1) is 0 Å². The van der Waals surface area contributed by atoms with Gasteiger partial charge < -0.3 is 5.32 Å². The first-order chi connectivity index (χ1) is 9.83. The van der Waals surface area contributed by atoms with Crippen LogP contribution in [-0.2, 0) is 6.54 Å². The number of aromatic nitrogens is 7. The number of hydrogen-bond acceptors (Lipinski definition) is 6. The summed E-state index contributed by atoms with van der Waals surface area (Å²) in [7, 11) is 0. The summed E-state index contributed by atoms with van der Waals surface area (Å²) in [6.45, 7) is 0.174. The second kappa shape index (κ2) is 5.26. The fourth-order valence-electron chi connectivity index (χ4n) is 1.58. The first kappa shape index (κ1) is 12.0. The van der Waals surface area contributed by atoms with Gasteiger partial charge in [-0.2, -0.15) is 5.21 Å². The van der Waals surface area contributed by atoms with Crippen LogP contribution in [0.25, 0.3) is 5.69 Å². The first-order valence-corrected chi connectivity index (χ1v) is 5.81. The van der Waals surface area contributed by atoms with E-state index in [1.807, 2.05) is 30.3 Å². The van der Waals surface area contributed by atoms with Crippen LogP contribution in [0.15, 0.2) is 36.5 Å². The number of benzene rings is 1. The topological polar surface area (TPSA) is 114 Å². The van der Waals surface area contributed by atoms with Crippen molar-refractivity contribution < 1.29 is 4.79 Å². The van der Waals surface area contributed by atoms with Gasteiger partial charge in [0.15, 0.2) is 11.5 Å². The van der Waals surface area contributed by atoms with Crippen molar-refractivity contribution in [2.75, 3.05) is 0 Å². The fraction of sp³-hybridized carbons (Fsp3) is 0.0909. The first-order valence-electron chi connectivity index (χ1n) is 5.81. The van der Waals surface area contributed by atoms with Crippen LogP contribution in [0.4, 0.5) is 0 Å². The number of hydrogen-bond donors (Lipinski definition) is 2. The van der Waals surface area contributed by atoms with Gasteiger partial charge in [0, 0.05) is 0 Å². The van der Waals surface area contributed by atoms with Crippen molar-refractivity contribution in [3.63, 3.8) is 0 Å². The van der Waals surface area contributed by atoms with Crippen molar-refractivity contribution in [3.8, 4) is 5.69 Å². The Morgan fingerprint density at radius 2 is 2.10 bits per heavy atom. The molecular formula is C11H10N8O. The highest BCUT2D eigenvalue weighted by atomic mass is 16.2. The van der Waals surface area contributed by atoms with E-state index in [1.54, 1.807) is 6.20 Å². The Bertz CT molecular complexity index is 690. The van der Waals surface area contributed by atoms with Crippen molar-refractivity contribution in [2.24, 2.45) is 0 Å². The normalized spacial score (nSPS) is 10.4. The molecule has 9 heteroatoms. The molecule has 0 saturated carbocycles. The van der Waals surface area contributed by atoms with Crippen LogP contribution < -0.4 is 5.32 Å². The predicted molar refractivity (Wildman–Crippen MR) is 66.7 cm³/mol. The van der Waals surface area contributed by atoms with Gasteiger partial charge in [0.1, 0.15) is 0 Å². The zero-order valence-electron chi connectivity index (χ0n) is 10.3. The van der Waals surface area contributed by atoms with Gasteiger partial charge in [-0.15, -0.1) is 15.3 Å². The van der Waals surface area contributed by atoms with E-state index in [-0.39, 0.29) is 18.1 Å². The summed E-state index contributed by atoms with van der Waals surface area (Å²) in [6, 6.07) is 9.41. The molecule has 100 valence electrons. The van der Waals surface area contributed by atoms with E-state index >= 15 is 0 Å². The average Bonchev–Trinajstić information content (AvgIpc) is 3.17. The summed E-state index contributed by atoms with van der Waals surface area (Å²) in [5.74, 6) is 0.0470. The minimum absolute atomic E-state index is 0.174. The molecule has 0 bridgehead atoms. The summed E-state index contributed by atoms with van der Waals surface area (Å²) in [6.07, 6.45) is 1.56. The molecule has 0 aliphatic carbocycles. The predicted octanol–water partition coefficient (Wildman–Crippen LogP) is -0.290. The standard InChI is InChI=1S/C11H10N8O/c20-11(12-6-10-14-16-17-15-10)9-7-19(18-13-9)8-4-2-1-3-5-8/h1-5,7H,6H2,(H,12,20)(H,14,15,16,17). The fourth-order valence-corrected chi connectivity index (χ4v) is 1.58. The quantitative estimate of drug-likeness (QED) is 0.673. The number of aromatic amines is 1. The minimum atomic E-state index is -0.350. The second-order valence-electron chi connectivity index (χ2n) is 3.89. The van der Waals surface area contributed by atoms with E-state index in [2.05, 4.69) is 36.3 Å². The van der Waals surface area contributed by atoms with Crippen LogP contribution in [0.3, 0.4) is 0 Å². The zero-order chi connectivity index (χ0) is 13.8. The summed E-state index contributed by atoms with van der Waals surface area (Å²) in [5, 5.41) is 23.5. The Morgan fingerprint density at radius 1 is 1.25 bits per heavy atom. The van der Waals surface area contributed by atoms with Crippen molar-refractivity contribution in [1.82, 2.24) is 40.9 Å². The molecule has 3 aromatic rings. The van der Waals surface area contributed by atoms with Crippen molar-refractivity contribution >= 4 is 5.91 Å². The molecule has 0 spiro atoms. The maximum atomic E-state index is 11.9. The van der Waals surface area contributed by atoms with Crippen LogP contribution in [0.2, 0.25) is 0 Å². The Hall–Kier alpha value is -3.10. The van der Waals surface area contributed by atoms with E-state index in [9.17, 15) is 4.79 Å². The minimum Gasteiger partial charge on any atom is -0.343 e. The van der Waals surface area contributed by atoms with E-state index in [1.165, 1.54) is 4.68 Å². The molecule has 2 N–H and O–H groups in total. The molecule has 2 heterocycles. The van der Waals surface area contributed by atoms with Gasteiger partial charge in [0.2, 0.25) is 0 Å². The Balaban J connectivity index is 1.69. The number of para-hydroxylation sites is 1. The molecule has 2 aromatic heterocycles. The van der Waals surface area contributed by atoms with Gasteiger partial charge in [-0.05, 0) is 12.1 Å². The van der Waals surface area contributed by atoms with E-state index in [0.29, 0.717) is 5.82 Å². The maximum Gasteiger partial charge on any atom is 0.273 e. The molecular weight excluding hydrogens is 260 g/mol. The number of amides is 1. The van der Waals surface area contributed by atoms with Gasteiger partial charge in [-0.3, -0.25) is 4.79 Å². The number of nitrogens with one attached hydrogen (secondary N) is 2. The lowest BCUT2D eigenvalue weighted by molar-refractivity contribution is 0.0945. The van der Waals surface area contributed by atoms with Gasteiger partial charge in [0.05, 0.1) is 18.4 Å². The van der Waals surface area contributed by atoms with Gasteiger partial charge >= 0.3 is 0 Å². The van der Waals surface area contributed by atoms with Gasteiger partial charge in [-0.25, -0.2) is 4.68 Å². The summed E-state index contributed by atoms with van der Waals surface area (Å²) < 4.78 is 1.53. The molecule has 20 heavy (non-hydrogen) atoms. The van der Waals surface area contributed by atoms with Gasteiger partial charge in [-0.1, -0.05) is 28.6 Å². The highest BCUT2D eigenvalue weighted by Crippen LogP contribution is 2.05. The van der Waals surface area contributed by atoms with Crippen molar-refractivity contribution in [1.29, 1.82) is 0 Å². The molecule has 9 nitrogen and oxygen atoms in total. The molecule has 1 aromatic carbocycles. The molecule has 3 rings (SSSR count). The Labute approximate surface area is 113 Å². The molecule has 0 radical (unpaired) electrons. The van der Waals surface area contributed by atoms with E-state index < -0.39 is 0 Å². The molecule has 0 atom stereocenters. The molecule has 0 saturated heterocycles. The van der Waals surface area contributed by atoms with Crippen LogP contribution in [0.5, 0.6) is 0 Å². The van der Waals surface area contributed by atoms with Crippen molar-refractivity contribution in [3.05, 3.63) is 48.0 Å². The maximum absolute atomic E-state index is 11.9. The summed E-state index contributed by atoms with van der Waals surface area (Å²) >= 11 is 0. The molecule has 1 amide bonds. The van der Waals surface area contributed by atoms with Crippen LogP contribution >= 0.6 is 0 Å². The number of H-pyrrole nitrogens is 1. The molecule has 0 unspecified atom stereocenters. The highest BCUT2D eigenvalue weighted by Gasteiger charge is 2.11. The van der Waals surface area contributed by atoms with E-state index in [0.717, 1.165) is 5.69 Å². The average molecular weight is 270 g/mol. The SMILES string of the molecule is O=C(NCc1nn[nH]n1)c1cn(-c2ccccc2)nn1. The van der Waals surface area contributed by atoms with Gasteiger partial charge in [0.25, 0.3) is 5.91 Å². The molecule has 0 aliphatic heterocycles. The lowest BCUT2D eigenvalue weighted by atomic mass is 10.3. The van der Waals surface area contributed by atoms with E-state index in [4.69, 9.17) is 0 Å².